The quantitative estimate of drug-likeness (QED) is 0.350. The molecule has 0 saturated heterocycles. The van der Waals surface area contributed by atoms with E-state index in [0.29, 0.717) is 0 Å². The van der Waals surface area contributed by atoms with Crippen molar-refractivity contribution in [1.82, 2.24) is 0 Å². The van der Waals surface area contributed by atoms with Crippen molar-refractivity contribution < 1.29 is 24.2 Å². The van der Waals surface area contributed by atoms with Crippen LogP contribution in [0, 0.1) is 23.2 Å². The van der Waals surface area contributed by atoms with E-state index >= 15 is 0 Å². The normalized spacial score (nSPS) is 37.8. The van der Waals surface area contributed by atoms with E-state index in [9.17, 15) is 4.79 Å². The molecule has 4 bridgehead atoms. The van der Waals surface area contributed by atoms with Gasteiger partial charge in [-0.05, 0) is 70.1 Å². The summed E-state index contributed by atoms with van der Waals surface area (Å²) >= 11 is 0.948. The number of hydrogen-bond acceptors (Lipinski definition) is 6. The van der Waals surface area contributed by atoms with Crippen molar-refractivity contribution >= 4 is 18.0 Å². The Labute approximate surface area is 129 Å². The third-order valence-corrected chi connectivity index (χ3v) is 6.01. The van der Waals surface area contributed by atoms with E-state index in [1.807, 2.05) is 13.8 Å². The van der Waals surface area contributed by atoms with Crippen LogP contribution >= 0.6 is 12.0 Å². The lowest BCUT2D eigenvalue weighted by molar-refractivity contribution is -0.432. The Morgan fingerprint density at radius 2 is 1.71 bits per heavy atom. The van der Waals surface area contributed by atoms with Gasteiger partial charge in [0, 0.05) is 12.0 Å². The Bertz CT molecular complexity index is 374. The number of carbonyl (C=O) groups is 1. The van der Waals surface area contributed by atoms with Crippen molar-refractivity contribution in [3.8, 4) is 0 Å². The molecule has 0 aromatic rings. The molecule has 0 amide bonds. The van der Waals surface area contributed by atoms with Crippen LogP contribution in [0.3, 0.4) is 0 Å². The Kier molecular flexibility index (Phi) is 4.25. The minimum atomic E-state index is -0.458. The average molecular weight is 316 g/mol. The first-order valence-corrected chi connectivity index (χ1v) is 8.50. The van der Waals surface area contributed by atoms with Gasteiger partial charge >= 0.3 is 5.97 Å². The number of ether oxygens (including phenoxy) is 1. The van der Waals surface area contributed by atoms with Gasteiger partial charge in [0.15, 0.2) is 0 Å². The van der Waals surface area contributed by atoms with E-state index in [1.165, 1.54) is 19.3 Å². The number of esters is 1. The van der Waals surface area contributed by atoms with Crippen molar-refractivity contribution in [3.05, 3.63) is 0 Å². The van der Waals surface area contributed by atoms with E-state index < -0.39 is 4.75 Å². The molecule has 4 fully saturated rings. The summed E-state index contributed by atoms with van der Waals surface area (Å²) in [4.78, 5) is 12.7. The average Bonchev–Trinajstić information content (AvgIpc) is 2.41. The fourth-order valence-corrected chi connectivity index (χ4v) is 5.21. The molecule has 5 nitrogen and oxygen atoms in total. The highest BCUT2D eigenvalue weighted by atomic mass is 32.2. The molecule has 0 heterocycles. The summed E-state index contributed by atoms with van der Waals surface area (Å²) in [5.74, 6) is 2.17. The first-order valence-electron chi connectivity index (χ1n) is 7.76. The molecule has 1 N–H and O–H groups in total. The predicted molar refractivity (Wildman–Crippen MR) is 78.0 cm³/mol. The van der Waals surface area contributed by atoms with Crippen LogP contribution in [0.15, 0.2) is 0 Å². The van der Waals surface area contributed by atoms with Gasteiger partial charge in [0.05, 0.1) is 10.2 Å². The molecule has 0 atom stereocenters. The van der Waals surface area contributed by atoms with E-state index in [2.05, 4.69) is 9.37 Å². The van der Waals surface area contributed by atoms with E-state index in [1.54, 1.807) is 0 Å². The Balaban J connectivity index is 1.58. The Hall–Kier alpha value is -0.300. The van der Waals surface area contributed by atoms with Gasteiger partial charge in [0.1, 0.15) is 6.61 Å². The van der Waals surface area contributed by atoms with Crippen LogP contribution in [0.5, 0.6) is 0 Å². The fraction of sp³-hybridized carbons (Fsp3) is 0.933. The standard InChI is InChI=1S/C15H24O5S/c1-14(2,21-20-19-17)9-18-13(16)15-6-10-3-11(7-15)5-12(4-10)8-15/h10-12,17H,3-9H2,1-2H3. The lowest BCUT2D eigenvalue weighted by Crippen LogP contribution is -2.51. The molecular weight excluding hydrogens is 292 g/mol. The number of hydrogen-bond donors (Lipinski definition) is 1. The summed E-state index contributed by atoms with van der Waals surface area (Å²) < 4.78 is 9.61. The van der Waals surface area contributed by atoms with Crippen molar-refractivity contribution in [2.45, 2.75) is 57.1 Å². The fourth-order valence-electron chi connectivity index (χ4n) is 4.88. The molecular formula is C15H24O5S. The second-order valence-corrected chi connectivity index (χ2v) is 9.17. The van der Waals surface area contributed by atoms with E-state index in [0.717, 1.165) is 49.1 Å². The van der Waals surface area contributed by atoms with Crippen LogP contribution in [-0.2, 0) is 18.9 Å². The summed E-state index contributed by atoms with van der Waals surface area (Å²) in [7, 11) is 0. The zero-order chi connectivity index (χ0) is 15.1. The molecule has 4 rings (SSSR count). The molecule has 6 heteroatoms. The molecule has 120 valence electrons. The maximum absolute atomic E-state index is 12.7. The maximum Gasteiger partial charge on any atom is 0.312 e. The predicted octanol–water partition coefficient (Wildman–Crippen LogP) is 3.59. The van der Waals surface area contributed by atoms with Crippen molar-refractivity contribution in [2.75, 3.05) is 6.61 Å². The van der Waals surface area contributed by atoms with Gasteiger partial charge in [-0.1, -0.05) is 5.04 Å². The van der Waals surface area contributed by atoms with Gasteiger partial charge in [-0.2, -0.15) is 0 Å². The number of carbonyl (C=O) groups excluding carboxylic acids is 1. The van der Waals surface area contributed by atoms with Crippen molar-refractivity contribution in [1.29, 1.82) is 0 Å². The highest BCUT2D eigenvalue weighted by molar-refractivity contribution is 7.95. The first-order chi connectivity index (χ1) is 9.92. The highest BCUT2D eigenvalue weighted by Crippen LogP contribution is 2.60. The van der Waals surface area contributed by atoms with Crippen LogP contribution in [0.1, 0.15) is 52.4 Å². The van der Waals surface area contributed by atoms with Gasteiger partial charge in [-0.3, -0.25) is 4.79 Å². The lowest BCUT2D eigenvalue weighted by atomic mass is 9.49. The number of rotatable bonds is 6. The molecule has 0 aliphatic heterocycles. The summed E-state index contributed by atoms with van der Waals surface area (Å²) in [6.07, 6.45) is 6.99. The third-order valence-electron chi connectivity index (χ3n) is 5.31. The molecule has 0 radical (unpaired) electrons. The lowest BCUT2D eigenvalue weighted by Gasteiger charge is -2.55. The Morgan fingerprint density at radius 1 is 1.19 bits per heavy atom. The zero-order valence-corrected chi connectivity index (χ0v) is 13.5. The molecule has 0 aromatic heterocycles. The van der Waals surface area contributed by atoms with Crippen molar-refractivity contribution in [3.63, 3.8) is 0 Å². The molecule has 4 aliphatic rings. The van der Waals surface area contributed by atoms with Gasteiger partial charge in [0.2, 0.25) is 0 Å². The van der Waals surface area contributed by atoms with Crippen LogP contribution < -0.4 is 0 Å². The van der Waals surface area contributed by atoms with Crippen LogP contribution in [0.2, 0.25) is 0 Å². The van der Waals surface area contributed by atoms with Gasteiger partial charge in [0.25, 0.3) is 0 Å². The first kappa shape index (κ1) is 15.6. The monoisotopic (exact) mass is 316 g/mol. The minimum Gasteiger partial charge on any atom is -0.464 e. The molecule has 0 unspecified atom stereocenters. The third kappa shape index (κ3) is 3.23. The Morgan fingerprint density at radius 3 is 2.19 bits per heavy atom. The SMILES string of the molecule is CC(C)(COC(=O)C12CC3CC(CC(C3)C1)C2)SOOO. The molecule has 21 heavy (non-hydrogen) atoms. The van der Waals surface area contributed by atoms with Gasteiger partial charge in [-0.25, -0.2) is 5.26 Å². The highest BCUT2D eigenvalue weighted by Gasteiger charge is 2.55. The topological polar surface area (TPSA) is 65.0 Å². The van der Waals surface area contributed by atoms with Gasteiger partial charge < -0.3 is 4.74 Å². The summed E-state index contributed by atoms with van der Waals surface area (Å²) in [6, 6.07) is 0. The molecule has 4 aliphatic carbocycles. The maximum atomic E-state index is 12.7. The van der Waals surface area contributed by atoms with Crippen LogP contribution in [0.4, 0.5) is 0 Å². The summed E-state index contributed by atoms with van der Waals surface area (Å²) in [6.45, 7) is 4.01. The van der Waals surface area contributed by atoms with E-state index in [-0.39, 0.29) is 18.0 Å². The second kappa shape index (κ2) is 5.72. The minimum absolute atomic E-state index is 0.0276. The van der Waals surface area contributed by atoms with Gasteiger partial charge in [-0.15, -0.1) is 4.33 Å². The largest absolute Gasteiger partial charge is 0.464 e. The van der Waals surface area contributed by atoms with E-state index in [4.69, 9.17) is 9.99 Å². The smallest absolute Gasteiger partial charge is 0.312 e. The van der Waals surface area contributed by atoms with Crippen molar-refractivity contribution in [2.24, 2.45) is 23.2 Å². The molecule has 0 spiro atoms. The zero-order valence-electron chi connectivity index (χ0n) is 12.7. The second-order valence-electron chi connectivity index (χ2n) is 7.76. The molecule has 4 saturated carbocycles. The van der Waals surface area contributed by atoms with Crippen LogP contribution in [0.25, 0.3) is 0 Å². The summed E-state index contributed by atoms with van der Waals surface area (Å²) in [5, 5.41) is 11.8. The van der Waals surface area contributed by atoms with Crippen LogP contribution in [-0.4, -0.2) is 22.6 Å². The summed E-state index contributed by atoms with van der Waals surface area (Å²) in [5.41, 5.74) is -0.218. The molecule has 0 aromatic carbocycles.